The molecule has 0 aromatic heterocycles. The lowest BCUT2D eigenvalue weighted by Gasteiger charge is -2.26. The van der Waals surface area contributed by atoms with Crippen LogP contribution in [-0.4, -0.2) is 39.8 Å². The van der Waals surface area contributed by atoms with Crippen molar-refractivity contribution in [1.82, 2.24) is 5.32 Å². The highest BCUT2D eigenvalue weighted by Gasteiger charge is 2.26. The zero-order valence-corrected chi connectivity index (χ0v) is 18.6. The van der Waals surface area contributed by atoms with Crippen LogP contribution in [0.4, 0.5) is 5.69 Å². The molecule has 1 aliphatic rings. The molecular weight excluding hydrogens is 404 g/mol. The molecule has 1 amide bonds. The SMILES string of the molecule is CCS(=O)(=O)N(CC(=O)N[C@@H](C)c1ccc(C)c(C)c1)c1ccc2c(c1)OCCO2. The van der Waals surface area contributed by atoms with Gasteiger partial charge in [-0.3, -0.25) is 9.10 Å². The Bertz CT molecular complexity index is 1040. The molecule has 0 saturated carbocycles. The molecule has 7 nitrogen and oxygen atoms in total. The molecular formula is C22H28N2O5S. The van der Waals surface area contributed by atoms with E-state index < -0.39 is 10.0 Å². The first-order chi connectivity index (χ1) is 14.2. The number of hydrogen-bond acceptors (Lipinski definition) is 5. The Morgan fingerprint density at radius 3 is 2.43 bits per heavy atom. The third-order valence-electron chi connectivity index (χ3n) is 5.21. The second kappa shape index (κ2) is 8.95. The van der Waals surface area contributed by atoms with E-state index in [2.05, 4.69) is 5.32 Å². The Morgan fingerprint density at radius 1 is 1.07 bits per heavy atom. The number of amides is 1. The smallest absolute Gasteiger partial charge is 0.241 e. The molecule has 162 valence electrons. The molecule has 0 radical (unpaired) electrons. The molecule has 1 N–H and O–H groups in total. The van der Waals surface area contributed by atoms with E-state index in [4.69, 9.17) is 9.47 Å². The number of rotatable bonds is 7. The van der Waals surface area contributed by atoms with Gasteiger partial charge in [0.15, 0.2) is 11.5 Å². The fourth-order valence-electron chi connectivity index (χ4n) is 3.23. The summed E-state index contributed by atoms with van der Waals surface area (Å²) >= 11 is 0. The van der Waals surface area contributed by atoms with Gasteiger partial charge in [-0.05, 0) is 56.5 Å². The molecule has 1 heterocycles. The summed E-state index contributed by atoms with van der Waals surface area (Å²) in [5, 5.41) is 2.90. The first-order valence-electron chi connectivity index (χ1n) is 9.98. The standard InChI is InChI=1S/C22H28N2O5S/c1-5-30(26,27)24(19-8-9-20-21(13-19)29-11-10-28-20)14-22(25)23-17(4)18-7-6-15(2)16(3)12-18/h6-9,12-13,17H,5,10-11,14H2,1-4H3,(H,23,25)/t17-/m0/s1. The van der Waals surface area contributed by atoms with E-state index in [0.29, 0.717) is 30.4 Å². The van der Waals surface area contributed by atoms with Crippen molar-refractivity contribution < 1.29 is 22.7 Å². The molecule has 0 bridgehead atoms. The van der Waals surface area contributed by atoms with E-state index in [-0.39, 0.29) is 24.2 Å². The topological polar surface area (TPSA) is 84.9 Å². The monoisotopic (exact) mass is 432 g/mol. The van der Waals surface area contributed by atoms with Crippen molar-refractivity contribution in [3.8, 4) is 11.5 Å². The predicted molar refractivity (Wildman–Crippen MR) is 117 cm³/mol. The Morgan fingerprint density at radius 2 is 1.77 bits per heavy atom. The van der Waals surface area contributed by atoms with Gasteiger partial charge in [-0.2, -0.15) is 0 Å². The number of anilines is 1. The number of ether oxygens (including phenoxy) is 2. The first kappa shape index (κ1) is 22.0. The molecule has 1 atom stereocenters. The van der Waals surface area contributed by atoms with Crippen LogP contribution >= 0.6 is 0 Å². The lowest BCUT2D eigenvalue weighted by atomic mass is 10.0. The Labute approximate surface area is 178 Å². The van der Waals surface area contributed by atoms with Crippen LogP contribution in [0.5, 0.6) is 11.5 Å². The van der Waals surface area contributed by atoms with Crippen LogP contribution in [0.1, 0.15) is 36.6 Å². The fraction of sp³-hybridized carbons (Fsp3) is 0.409. The van der Waals surface area contributed by atoms with E-state index >= 15 is 0 Å². The van der Waals surface area contributed by atoms with Gasteiger partial charge in [-0.25, -0.2) is 8.42 Å². The van der Waals surface area contributed by atoms with E-state index in [1.54, 1.807) is 25.1 Å². The van der Waals surface area contributed by atoms with Gasteiger partial charge >= 0.3 is 0 Å². The van der Waals surface area contributed by atoms with Crippen molar-refractivity contribution in [1.29, 1.82) is 0 Å². The maximum Gasteiger partial charge on any atom is 0.241 e. The van der Waals surface area contributed by atoms with Gasteiger partial charge in [0.05, 0.1) is 17.5 Å². The fourth-order valence-corrected chi connectivity index (χ4v) is 4.29. The summed E-state index contributed by atoms with van der Waals surface area (Å²) in [7, 11) is -3.67. The third-order valence-corrected chi connectivity index (χ3v) is 6.95. The van der Waals surface area contributed by atoms with Crippen molar-refractivity contribution in [2.75, 3.05) is 29.8 Å². The number of fused-ring (bicyclic) bond motifs is 1. The van der Waals surface area contributed by atoms with E-state index in [1.807, 2.05) is 39.0 Å². The lowest BCUT2D eigenvalue weighted by molar-refractivity contribution is -0.120. The third kappa shape index (κ3) is 4.87. The number of benzene rings is 2. The highest BCUT2D eigenvalue weighted by molar-refractivity contribution is 7.92. The quantitative estimate of drug-likeness (QED) is 0.727. The molecule has 2 aromatic carbocycles. The maximum absolute atomic E-state index is 12.7. The molecule has 3 rings (SSSR count). The largest absolute Gasteiger partial charge is 0.486 e. The van der Waals surface area contributed by atoms with Gasteiger partial charge < -0.3 is 14.8 Å². The molecule has 0 fully saturated rings. The second-order valence-corrected chi connectivity index (χ2v) is 9.55. The average molecular weight is 433 g/mol. The van der Waals surface area contributed by atoms with Crippen molar-refractivity contribution in [2.24, 2.45) is 0 Å². The Kier molecular flexibility index (Phi) is 6.55. The average Bonchev–Trinajstić information content (AvgIpc) is 2.73. The lowest BCUT2D eigenvalue weighted by Crippen LogP contribution is -2.42. The summed E-state index contributed by atoms with van der Waals surface area (Å²) in [5.74, 6) is 0.528. The number of aryl methyl sites for hydroxylation is 2. The minimum atomic E-state index is -3.67. The normalized spacial score (nSPS) is 14.1. The number of sulfonamides is 1. The van der Waals surface area contributed by atoms with Crippen molar-refractivity contribution in [2.45, 2.75) is 33.7 Å². The summed E-state index contributed by atoms with van der Waals surface area (Å²) in [6, 6.07) is 10.6. The maximum atomic E-state index is 12.7. The van der Waals surface area contributed by atoms with Crippen LogP contribution in [0.15, 0.2) is 36.4 Å². The Balaban J connectivity index is 1.80. The van der Waals surface area contributed by atoms with Crippen LogP contribution in [0, 0.1) is 13.8 Å². The number of nitrogens with one attached hydrogen (secondary N) is 1. The predicted octanol–water partition coefficient (Wildman–Crippen LogP) is 3.11. The molecule has 0 spiro atoms. The second-order valence-electron chi connectivity index (χ2n) is 7.37. The van der Waals surface area contributed by atoms with E-state index in [0.717, 1.165) is 15.4 Å². The number of nitrogens with zero attached hydrogens (tertiary/aromatic N) is 1. The van der Waals surface area contributed by atoms with Gasteiger partial charge in [0, 0.05) is 6.07 Å². The van der Waals surface area contributed by atoms with Crippen LogP contribution in [0.25, 0.3) is 0 Å². The zero-order valence-electron chi connectivity index (χ0n) is 17.8. The van der Waals surface area contributed by atoms with Crippen LogP contribution in [0.3, 0.4) is 0 Å². The van der Waals surface area contributed by atoms with Gasteiger partial charge in [0.1, 0.15) is 19.8 Å². The molecule has 30 heavy (non-hydrogen) atoms. The van der Waals surface area contributed by atoms with Crippen molar-refractivity contribution in [3.05, 3.63) is 53.1 Å². The van der Waals surface area contributed by atoms with E-state index in [1.165, 1.54) is 5.56 Å². The number of carbonyl (C=O) groups excluding carboxylic acids is 1. The molecule has 8 heteroatoms. The molecule has 0 aliphatic carbocycles. The number of hydrogen-bond donors (Lipinski definition) is 1. The van der Waals surface area contributed by atoms with Crippen LogP contribution in [0.2, 0.25) is 0 Å². The van der Waals surface area contributed by atoms with Crippen LogP contribution in [-0.2, 0) is 14.8 Å². The minimum absolute atomic E-state index is 0.124. The number of carbonyl (C=O) groups is 1. The van der Waals surface area contributed by atoms with Gasteiger partial charge in [0.2, 0.25) is 15.9 Å². The molecule has 2 aromatic rings. The summed E-state index contributed by atoms with van der Waals surface area (Å²) < 4.78 is 37.6. The van der Waals surface area contributed by atoms with E-state index in [9.17, 15) is 13.2 Å². The highest BCUT2D eigenvalue weighted by atomic mass is 32.2. The first-order valence-corrected chi connectivity index (χ1v) is 11.6. The van der Waals surface area contributed by atoms with Crippen molar-refractivity contribution in [3.63, 3.8) is 0 Å². The van der Waals surface area contributed by atoms with Crippen LogP contribution < -0.4 is 19.1 Å². The molecule has 0 unspecified atom stereocenters. The summed E-state index contributed by atoms with van der Waals surface area (Å²) in [6.07, 6.45) is 0. The van der Waals surface area contributed by atoms with Gasteiger partial charge in [-0.1, -0.05) is 18.2 Å². The summed E-state index contributed by atoms with van der Waals surface area (Å²) in [6.45, 7) is 8.01. The zero-order chi connectivity index (χ0) is 21.9. The summed E-state index contributed by atoms with van der Waals surface area (Å²) in [5.41, 5.74) is 3.65. The summed E-state index contributed by atoms with van der Waals surface area (Å²) in [4.78, 5) is 12.7. The Hall–Kier alpha value is -2.74. The van der Waals surface area contributed by atoms with Crippen molar-refractivity contribution >= 4 is 21.6 Å². The molecule has 1 aliphatic heterocycles. The van der Waals surface area contributed by atoms with Gasteiger partial charge in [0.25, 0.3) is 0 Å². The molecule has 0 saturated heterocycles. The van der Waals surface area contributed by atoms with Gasteiger partial charge in [-0.15, -0.1) is 0 Å². The minimum Gasteiger partial charge on any atom is -0.486 e. The highest BCUT2D eigenvalue weighted by Crippen LogP contribution is 2.34.